The summed E-state index contributed by atoms with van der Waals surface area (Å²) in [6.45, 7) is 4.98. The highest BCUT2D eigenvalue weighted by atomic mass is 32.1. The number of carbonyl (C=O) groups excluding carboxylic acids is 2. The van der Waals surface area contributed by atoms with Gasteiger partial charge in [-0.3, -0.25) is 4.79 Å². The van der Waals surface area contributed by atoms with Gasteiger partial charge < -0.3 is 14.6 Å². The van der Waals surface area contributed by atoms with Crippen LogP contribution in [-0.4, -0.2) is 23.6 Å². The van der Waals surface area contributed by atoms with Crippen molar-refractivity contribution in [2.45, 2.75) is 40.0 Å². The Morgan fingerprint density at radius 2 is 2.23 bits per heavy atom. The number of amides is 1. The first-order valence-corrected chi connectivity index (χ1v) is 9.16. The molecule has 0 aromatic carbocycles. The van der Waals surface area contributed by atoms with Gasteiger partial charge >= 0.3 is 5.97 Å². The zero-order chi connectivity index (χ0) is 18.8. The monoisotopic (exact) mass is 373 g/mol. The van der Waals surface area contributed by atoms with E-state index in [-0.39, 0.29) is 5.56 Å². The van der Waals surface area contributed by atoms with E-state index in [1.165, 1.54) is 11.3 Å². The van der Waals surface area contributed by atoms with Gasteiger partial charge in [0.1, 0.15) is 22.4 Å². The third kappa shape index (κ3) is 3.48. The minimum atomic E-state index is -0.656. The molecule has 0 aliphatic heterocycles. The Bertz CT molecular complexity index is 887. The first-order valence-electron chi connectivity index (χ1n) is 8.35. The molecule has 2 aromatic rings. The van der Waals surface area contributed by atoms with E-state index in [0.29, 0.717) is 27.9 Å². The average Bonchev–Trinajstić information content (AvgIpc) is 3.11. The van der Waals surface area contributed by atoms with Crippen molar-refractivity contribution in [1.82, 2.24) is 5.16 Å². The van der Waals surface area contributed by atoms with Crippen LogP contribution < -0.4 is 5.32 Å². The lowest BCUT2D eigenvalue weighted by Crippen LogP contribution is -2.21. The first kappa shape index (κ1) is 18.1. The molecule has 1 N–H and O–H groups in total. The molecule has 26 heavy (non-hydrogen) atoms. The molecule has 2 heterocycles. The van der Waals surface area contributed by atoms with Crippen molar-refractivity contribution in [3.8, 4) is 6.07 Å². The average molecular weight is 373 g/mol. The maximum atomic E-state index is 12.2. The van der Waals surface area contributed by atoms with Gasteiger partial charge in [0.2, 0.25) is 0 Å². The lowest BCUT2D eigenvalue weighted by Gasteiger charge is -2.17. The second-order valence-corrected chi connectivity index (χ2v) is 7.60. The molecule has 1 aliphatic carbocycles. The van der Waals surface area contributed by atoms with Crippen molar-refractivity contribution in [3.05, 3.63) is 33.0 Å². The Kier molecular flexibility index (Phi) is 5.09. The number of hydrogen-bond donors (Lipinski definition) is 1. The summed E-state index contributed by atoms with van der Waals surface area (Å²) in [5, 5.41) is 16.4. The summed E-state index contributed by atoms with van der Waals surface area (Å²) >= 11 is 1.44. The van der Waals surface area contributed by atoms with E-state index in [1.54, 1.807) is 13.8 Å². The van der Waals surface area contributed by atoms with Crippen LogP contribution in [0.3, 0.4) is 0 Å². The molecule has 2 aromatic heterocycles. The number of fused-ring (bicyclic) bond motifs is 1. The van der Waals surface area contributed by atoms with E-state index in [9.17, 15) is 14.9 Å². The predicted molar refractivity (Wildman–Crippen MR) is 95.1 cm³/mol. The number of ether oxygens (including phenoxy) is 1. The maximum Gasteiger partial charge on any atom is 0.344 e. The summed E-state index contributed by atoms with van der Waals surface area (Å²) in [6.07, 6.45) is 2.82. The number of anilines is 1. The van der Waals surface area contributed by atoms with Crippen LogP contribution in [0.5, 0.6) is 0 Å². The van der Waals surface area contributed by atoms with E-state index < -0.39 is 18.5 Å². The summed E-state index contributed by atoms with van der Waals surface area (Å²) in [4.78, 5) is 25.4. The van der Waals surface area contributed by atoms with Crippen LogP contribution in [0.2, 0.25) is 0 Å². The molecule has 0 spiro atoms. The van der Waals surface area contributed by atoms with Gasteiger partial charge in [-0.2, -0.15) is 5.26 Å². The van der Waals surface area contributed by atoms with Crippen molar-refractivity contribution < 1.29 is 18.8 Å². The Hall–Kier alpha value is -2.66. The number of nitrogens with one attached hydrogen (secondary N) is 1. The van der Waals surface area contributed by atoms with Crippen LogP contribution in [0, 0.1) is 31.1 Å². The third-order valence-corrected chi connectivity index (χ3v) is 5.62. The summed E-state index contributed by atoms with van der Waals surface area (Å²) in [7, 11) is 0. The number of aromatic nitrogens is 1. The lowest BCUT2D eigenvalue weighted by molar-refractivity contribution is -0.119. The molecule has 0 radical (unpaired) electrons. The minimum absolute atomic E-state index is 0.232. The fourth-order valence-corrected chi connectivity index (χ4v) is 4.47. The molecule has 8 heteroatoms. The van der Waals surface area contributed by atoms with Crippen LogP contribution >= 0.6 is 11.3 Å². The van der Waals surface area contributed by atoms with E-state index in [2.05, 4.69) is 23.5 Å². The number of esters is 1. The fraction of sp³-hybridized carbons (Fsp3) is 0.444. The molecule has 0 bridgehead atoms. The Balaban J connectivity index is 1.66. The standard InChI is InChI=1S/C18H19N3O4S/c1-9-4-5-12-13(7-19)17(26-14(12)6-9)20-15(22)8-24-18(23)16-10(2)21-25-11(16)3/h9H,4-6,8H2,1-3H3,(H,20,22)/t9-/m1/s1. The molecule has 7 nitrogen and oxygen atoms in total. The highest BCUT2D eigenvalue weighted by Crippen LogP contribution is 2.39. The van der Waals surface area contributed by atoms with Crippen molar-refractivity contribution in [2.75, 3.05) is 11.9 Å². The Morgan fingerprint density at radius 3 is 2.88 bits per heavy atom. The van der Waals surface area contributed by atoms with E-state index in [1.807, 2.05) is 0 Å². The van der Waals surface area contributed by atoms with Gasteiger partial charge in [0.15, 0.2) is 6.61 Å². The van der Waals surface area contributed by atoms with Crippen molar-refractivity contribution in [2.24, 2.45) is 5.92 Å². The molecule has 0 saturated heterocycles. The van der Waals surface area contributed by atoms with Crippen LogP contribution in [0.1, 0.15) is 51.2 Å². The Labute approximate surface area is 154 Å². The van der Waals surface area contributed by atoms with Crippen molar-refractivity contribution in [3.63, 3.8) is 0 Å². The van der Waals surface area contributed by atoms with Crippen LogP contribution in [0.4, 0.5) is 5.00 Å². The largest absolute Gasteiger partial charge is 0.452 e. The summed E-state index contributed by atoms with van der Waals surface area (Å²) in [6, 6.07) is 2.19. The highest BCUT2D eigenvalue weighted by Gasteiger charge is 2.25. The predicted octanol–water partition coefficient (Wildman–Crippen LogP) is 3.14. The molecule has 1 aliphatic rings. The second-order valence-electron chi connectivity index (χ2n) is 6.49. The van der Waals surface area contributed by atoms with Crippen molar-refractivity contribution in [1.29, 1.82) is 5.26 Å². The number of rotatable bonds is 4. The number of hydrogen-bond acceptors (Lipinski definition) is 7. The number of carbonyl (C=O) groups is 2. The third-order valence-electron chi connectivity index (χ3n) is 4.45. The summed E-state index contributed by atoms with van der Waals surface area (Å²) < 4.78 is 9.96. The van der Waals surface area contributed by atoms with Crippen LogP contribution in [0.15, 0.2) is 4.52 Å². The lowest BCUT2D eigenvalue weighted by atomic mass is 9.89. The Morgan fingerprint density at radius 1 is 1.46 bits per heavy atom. The number of nitrogens with zero attached hydrogens (tertiary/aromatic N) is 2. The number of thiophene rings is 1. The highest BCUT2D eigenvalue weighted by molar-refractivity contribution is 7.16. The molecule has 136 valence electrons. The van der Waals surface area contributed by atoms with E-state index in [4.69, 9.17) is 9.26 Å². The number of nitriles is 1. The number of aryl methyl sites for hydroxylation is 2. The zero-order valence-electron chi connectivity index (χ0n) is 14.8. The molecule has 0 fully saturated rings. The van der Waals surface area contributed by atoms with Gasteiger partial charge in [0.05, 0.1) is 11.3 Å². The normalized spacial score (nSPS) is 15.8. The summed E-state index contributed by atoms with van der Waals surface area (Å²) in [5.74, 6) is -0.212. The van der Waals surface area contributed by atoms with Gasteiger partial charge in [-0.1, -0.05) is 12.1 Å². The van der Waals surface area contributed by atoms with Gasteiger partial charge in [0.25, 0.3) is 5.91 Å². The van der Waals surface area contributed by atoms with Crippen molar-refractivity contribution >= 4 is 28.2 Å². The van der Waals surface area contributed by atoms with Gasteiger partial charge in [0, 0.05) is 4.88 Å². The first-order chi connectivity index (χ1) is 12.4. The molecule has 0 saturated carbocycles. The van der Waals surface area contributed by atoms with Crippen LogP contribution in [0.25, 0.3) is 0 Å². The topological polar surface area (TPSA) is 105 Å². The molecule has 3 rings (SSSR count). The molecular formula is C18H19N3O4S. The van der Waals surface area contributed by atoms with E-state index >= 15 is 0 Å². The summed E-state index contributed by atoms with van der Waals surface area (Å²) in [5.41, 5.74) is 2.22. The molecule has 1 amide bonds. The molecule has 0 unspecified atom stereocenters. The van der Waals surface area contributed by atoms with Gasteiger partial charge in [-0.25, -0.2) is 4.79 Å². The minimum Gasteiger partial charge on any atom is -0.452 e. The van der Waals surface area contributed by atoms with Gasteiger partial charge in [-0.15, -0.1) is 11.3 Å². The van der Waals surface area contributed by atoms with Gasteiger partial charge in [-0.05, 0) is 44.6 Å². The SMILES string of the molecule is Cc1noc(C)c1C(=O)OCC(=O)Nc1sc2c(c1C#N)CC[C@@H](C)C2. The smallest absolute Gasteiger partial charge is 0.344 e. The zero-order valence-corrected chi connectivity index (χ0v) is 15.7. The van der Waals surface area contributed by atoms with Crippen LogP contribution in [-0.2, 0) is 22.4 Å². The molecule has 1 atom stereocenters. The second kappa shape index (κ2) is 7.30. The molecular weight excluding hydrogens is 354 g/mol. The van der Waals surface area contributed by atoms with E-state index in [0.717, 1.165) is 29.7 Å². The quantitative estimate of drug-likeness (QED) is 0.826. The fourth-order valence-electron chi connectivity index (χ4n) is 3.10. The maximum absolute atomic E-state index is 12.2.